The maximum Gasteiger partial charge on any atom is 0.270 e. The van der Waals surface area contributed by atoms with E-state index in [-0.39, 0.29) is 17.5 Å². The number of aliphatic hydroxyl groups excluding tert-OH is 1. The van der Waals surface area contributed by atoms with E-state index >= 15 is 0 Å². The first-order valence-corrected chi connectivity index (χ1v) is 8.90. The molecule has 2 N–H and O–H groups in total. The maximum absolute atomic E-state index is 12.6. The maximum atomic E-state index is 12.6. The Morgan fingerprint density at radius 1 is 1.32 bits per heavy atom. The topological polar surface area (TPSA) is 95.7 Å². The summed E-state index contributed by atoms with van der Waals surface area (Å²) in [5, 5.41) is 23.7. The number of nitrogens with zero attached hydrogens (tertiary/aromatic N) is 2. The number of aliphatic hydroxyl groups is 1. The van der Waals surface area contributed by atoms with Gasteiger partial charge < -0.3 is 15.3 Å². The highest BCUT2D eigenvalue weighted by Gasteiger charge is 2.22. The van der Waals surface area contributed by atoms with Gasteiger partial charge in [-0.25, -0.2) is 0 Å². The van der Waals surface area contributed by atoms with Crippen molar-refractivity contribution in [3.05, 3.63) is 33.9 Å². The lowest BCUT2D eigenvalue weighted by atomic mass is 10.0. The lowest BCUT2D eigenvalue weighted by molar-refractivity contribution is -0.384. The molecular weight excluding hydrogens is 322 g/mol. The number of non-ortho nitro benzene ring substituents is 1. The first kappa shape index (κ1) is 19.2. The third-order valence-corrected chi connectivity index (χ3v) is 4.63. The number of nitro benzene ring substituents is 1. The number of carbonyl (C=O) groups excluding carboxylic acids is 1. The van der Waals surface area contributed by atoms with Gasteiger partial charge in [-0.3, -0.25) is 14.9 Å². The van der Waals surface area contributed by atoms with E-state index in [9.17, 15) is 20.0 Å². The zero-order valence-electron chi connectivity index (χ0n) is 14.9. The van der Waals surface area contributed by atoms with Crippen LogP contribution in [0.15, 0.2) is 18.2 Å². The van der Waals surface area contributed by atoms with Crippen LogP contribution in [0.2, 0.25) is 0 Å². The van der Waals surface area contributed by atoms with Crippen molar-refractivity contribution in [3.8, 4) is 0 Å². The Morgan fingerprint density at radius 2 is 2.00 bits per heavy atom. The Morgan fingerprint density at radius 3 is 2.60 bits per heavy atom. The fourth-order valence-electron chi connectivity index (χ4n) is 2.99. The Labute approximate surface area is 148 Å². The highest BCUT2D eigenvalue weighted by atomic mass is 16.6. The van der Waals surface area contributed by atoms with E-state index in [2.05, 4.69) is 10.2 Å². The van der Waals surface area contributed by atoms with Crippen molar-refractivity contribution in [2.24, 2.45) is 5.92 Å². The SMILES string of the molecule is CC(C)C(O)CCNC(=O)c1cc([N+](=O)[O-])ccc1N1CCCCC1. The molecule has 1 amide bonds. The quantitative estimate of drug-likeness (QED) is 0.583. The molecule has 7 heteroatoms. The molecule has 25 heavy (non-hydrogen) atoms. The molecule has 1 heterocycles. The van der Waals surface area contributed by atoms with E-state index in [0.29, 0.717) is 18.5 Å². The molecule has 0 bridgehead atoms. The zero-order chi connectivity index (χ0) is 18.4. The molecule has 138 valence electrons. The monoisotopic (exact) mass is 349 g/mol. The van der Waals surface area contributed by atoms with E-state index < -0.39 is 11.0 Å². The van der Waals surface area contributed by atoms with Gasteiger partial charge in [-0.1, -0.05) is 13.8 Å². The number of anilines is 1. The van der Waals surface area contributed by atoms with Gasteiger partial charge in [0.25, 0.3) is 11.6 Å². The summed E-state index contributed by atoms with van der Waals surface area (Å²) in [6.07, 6.45) is 3.25. The number of rotatable bonds is 7. The molecular formula is C18H27N3O4. The molecule has 0 spiro atoms. The number of nitro groups is 1. The first-order valence-electron chi connectivity index (χ1n) is 8.90. The normalized spacial score (nSPS) is 15.9. The van der Waals surface area contributed by atoms with Crippen molar-refractivity contribution in [3.63, 3.8) is 0 Å². The minimum Gasteiger partial charge on any atom is -0.393 e. The average Bonchev–Trinajstić information content (AvgIpc) is 2.61. The molecule has 1 aliphatic heterocycles. The summed E-state index contributed by atoms with van der Waals surface area (Å²) in [6, 6.07) is 4.46. The lowest BCUT2D eigenvalue weighted by Gasteiger charge is -2.30. The van der Waals surface area contributed by atoms with Gasteiger partial charge in [0.1, 0.15) is 0 Å². The number of piperidine rings is 1. The van der Waals surface area contributed by atoms with Crippen molar-refractivity contribution in [2.75, 3.05) is 24.5 Å². The number of amides is 1. The largest absolute Gasteiger partial charge is 0.393 e. The second-order valence-corrected chi connectivity index (χ2v) is 6.86. The summed E-state index contributed by atoms with van der Waals surface area (Å²) >= 11 is 0. The second-order valence-electron chi connectivity index (χ2n) is 6.86. The third-order valence-electron chi connectivity index (χ3n) is 4.63. The number of carbonyl (C=O) groups is 1. The predicted molar refractivity (Wildman–Crippen MR) is 97.0 cm³/mol. The van der Waals surface area contributed by atoms with E-state index in [1.807, 2.05) is 13.8 Å². The van der Waals surface area contributed by atoms with E-state index in [4.69, 9.17) is 0 Å². The van der Waals surface area contributed by atoms with Crippen LogP contribution in [0.3, 0.4) is 0 Å². The number of benzene rings is 1. The number of hydrogen-bond acceptors (Lipinski definition) is 5. The lowest BCUT2D eigenvalue weighted by Crippen LogP contribution is -2.33. The van der Waals surface area contributed by atoms with Gasteiger partial charge in [-0.15, -0.1) is 0 Å². The molecule has 1 aliphatic rings. The van der Waals surface area contributed by atoms with Crippen LogP contribution in [0.1, 0.15) is 49.9 Å². The molecule has 1 atom stereocenters. The molecule has 1 aromatic carbocycles. The van der Waals surface area contributed by atoms with Crippen molar-refractivity contribution in [1.82, 2.24) is 5.32 Å². The molecule has 1 saturated heterocycles. The van der Waals surface area contributed by atoms with Crippen LogP contribution in [-0.4, -0.2) is 41.7 Å². The van der Waals surface area contributed by atoms with Gasteiger partial charge in [0.05, 0.1) is 22.3 Å². The van der Waals surface area contributed by atoms with Crippen molar-refractivity contribution >= 4 is 17.3 Å². The van der Waals surface area contributed by atoms with Crippen LogP contribution in [0.4, 0.5) is 11.4 Å². The van der Waals surface area contributed by atoms with Gasteiger partial charge >= 0.3 is 0 Å². The van der Waals surface area contributed by atoms with Crippen LogP contribution in [0, 0.1) is 16.0 Å². The van der Waals surface area contributed by atoms with Crippen LogP contribution in [0.25, 0.3) is 0 Å². The minimum atomic E-state index is -0.487. The van der Waals surface area contributed by atoms with Gasteiger partial charge in [0.15, 0.2) is 0 Å². The van der Waals surface area contributed by atoms with Crippen LogP contribution in [-0.2, 0) is 0 Å². The second kappa shape index (κ2) is 8.80. The molecule has 1 aromatic rings. The molecule has 2 rings (SSSR count). The van der Waals surface area contributed by atoms with Gasteiger partial charge in [0.2, 0.25) is 0 Å². The summed E-state index contributed by atoms with van der Waals surface area (Å²) in [7, 11) is 0. The Balaban J connectivity index is 2.15. The highest BCUT2D eigenvalue weighted by Crippen LogP contribution is 2.28. The fraction of sp³-hybridized carbons (Fsp3) is 0.611. The molecule has 0 radical (unpaired) electrons. The van der Waals surface area contributed by atoms with E-state index in [1.165, 1.54) is 12.1 Å². The van der Waals surface area contributed by atoms with E-state index in [1.54, 1.807) is 6.07 Å². The summed E-state index contributed by atoms with van der Waals surface area (Å²) in [6.45, 7) is 5.87. The van der Waals surface area contributed by atoms with Crippen molar-refractivity contribution < 1.29 is 14.8 Å². The van der Waals surface area contributed by atoms with E-state index in [0.717, 1.165) is 38.0 Å². The van der Waals surface area contributed by atoms with Crippen molar-refractivity contribution in [2.45, 2.75) is 45.6 Å². The van der Waals surface area contributed by atoms with Gasteiger partial charge in [-0.05, 0) is 37.7 Å². The predicted octanol–water partition coefficient (Wildman–Crippen LogP) is 2.72. The Bertz CT molecular complexity index is 612. The van der Waals surface area contributed by atoms with Gasteiger partial charge in [0, 0.05) is 31.8 Å². The standard InChI is InChI=1S/C18H27N3O4/c1-13(2)17(22)8-9-19-18(23)15-12-14(21(24)25)6-7-16(15)20-10-4-3-5-11-20/h6-7,12-13,17,22H,3-5,8-11H2,1-2H3,(H,19,23). The molecule has 1 unspecified atom stereocenters. The van der Waals surface area contributed by atoms with Gasteiger partial charge in [-0.2, -0.15) is 0 Å². The smallest absolute Gasteiger partial charge is 0.270 e. The summed E-state index contributed by atoms with van der Waals surface area (Å²) in [5.74, 6) is -0.209. The average molecular weight is 349 g/mol. The summed E-state index contributed by atoms with van der Waals surface area (Å²) in [4.78, 5) is 25.3. The summed E-state index contributed by atoms with van der Waals surface area (Å²) in [5.41, 5.74) is 0.982. The Hall–Kier alpha value is -2.15. The Kier molecular flexibility index (Phi) is 6.75. The zero-order valence-corrected chi connectivity index (χ0v) is 14.9. The van der Waals surface area contributed by atoms with Crippen LogP contribution < -0.4 is 10.2 Å². The van der Waals surface area contributed by atoms with Crippen molar-refractivity contribution in [1.29, 1.82) is 0 Å². The highest BCUT2D eigenvalue weighted by molar-refractivity contribution is 6.00. The van der Waals surface area contributed by atoms with Crippen LogP contribution >= 0.6 is 0 Å². The molecule has 7 nitrogen and oxygen atoms in total. The number of nitrogens with one attached hydrogen (secondary N) is 1. The molecule has 0 aliphatic carbocycles. The first-order chi connectivity index (χ1) is 11.9. The molecule has 1 fully saturated rings. The van der Waals surface area contributed by atoms with Crippen LogP contribution in [0.5, 0.6) is 0 Å². The number of hydrogen-bond donors (Lipinski definition) is 2. The minimum absolute atomic E-state index is 0.0897. The third kappa shape index (κ3) is 5.16. The fourth-order valence-corrected chi connectivity index (χ4v) is 2.99. The summed E-state index contributed by atoms with van der Waals surface area (Å²) < 4.78 is 0. The molecule has 0 aromatic heterocycles. The molecule has 0 saturated carbocycles.